The van der Waals surface area contributed by atoms with Crippen molar-refractivity contribution in [1.29, 1.82) is 0 Å². The maximum absolute atomic E-state index is 12.9. The van der Waals surface area contributed by atoms with Gasteiger partial charge in [0.25, 0.3) is 11.6 Å². The molecule has 0 atom stereocenters. The summed E-state index contributed by atoms with van der Waals surface area (Å²) in [5, 5.41) is 11.6. The van der Waals surface area contributed by atoms with Crippen LogP contribution in [0.25, 0.3) is 17.4 Å². The Labute approximate surface area is 171 Å². The molecule has 7 nitrogen and oxygen atoms in total. The van der Waals surface area contributed by atoms with Crippen LogP contribution in [-0.4, -0.2) is 27.9 Å². The molecule has 0 spiro atoms. The molecule has 3 aromatic rings. The van der Waals surface area contributed by atoms with Crippen LogP contribution in [0.2, 0.25) is 0 Å². The van der Waals surface area contributed by atoms with Crippen molar-refractivity contribution in [2.45, 2.75) is 0 Å². The maximum atomic E-state index is 12.9. The van der Waals surface area contributed by atoms with Gasteiger partial charge in [0.2, 0.25) is 0 Å². The summed E-state index contributed by atoms with van der Waals surface area (Å²) in [5.74, 6) is 0.471. The second kappa shape index (κ2) is 7.33. The number of likely N-dealkylation sites (N-methyl/N-ethyl adjacent to an activating group) is 1. The van der Waals surface area contributed by atoms with Gasteiger partial charge in [-0.05, 0) is 42.5 Å². The first-order chi connectivity index (χ1) is 14.0. The number of rotatable bonds is 4. The number of hydrogen-bond acceptors (Lipinski definition) is 5. The zero-order valence-corrected chi connectivity index (χ0v) is 16.1. The lowest BCUT2D eigenvalue weighted by molar-refractivity contribution is -0.384. The van der Waals surface area contributed by atoms with Gasteiger partial charge in [0.15, 0.2) is 5.11 Å². The number of carbonyl (C=O) groups excluding carboxylic acids is 1. The van der Waals surface area contributed by atoms with Crippen molar-refractivity contribution < 1.29 is 14.1 Å². The van der Waals surface area contributed by atoms with E-state index in [4.69, 9.17) is 16.6 Å². The molecule has 29 heavy (non-hydrogen) atoms. The number of hydrogen-bond donors (Lipinski definition) is 0. The van der Waals surface area contributed by atoms with Gasteiger partial charge in [-0.15, -0.1) is 0 Å². The third-order valence-corrected chi connectivity index (χ3v) is 5.00. The van der Waals surface area contributed by atoms with Gasteiger partial charge >= 0.3 is 0 Å². The molecule has 0 bridgehead atoms. The Morgan fingerprint density at radius 3 is 2.45 bits per heavy atom. The fraction of sp³-hybridized carbons (Fsp3) is 0.0476. The summed E-state index contributed by atoms with van der Waals surface area (Å²) in [5.41, 5.74) is 1.35. The van der Waals surface area contributed by atoms with E-state index >= 15 is 0 Å². The van der Waals surface area contributed by atoms with Crippen LogP contribution in [0.3, 0.4) is 0 Å². The third kappa shape index (κ3) is 3.30. The fourth-order valence-electron chi connectivity index (χ4n) is 3.11. The molecule has 1 amide bonds. The lowest BCUT2D eigenvalue weighted by Gasteiger charge is -2.16. The second-order valence-corrected chi connectivity index (χ2v) is 6.69. The van der Waals surface area contributed by atoms with E-state index in [1.807, 2.05) is 18.2 Å². The van der Waals surface area contributed by atoms with Crippen molar-refractivity contribution >= 4 is 40.7 Å². The first-order valence-electron chi connectivity index (χ1n) is 8.70. The zero-order valence-electron chi connectivity index (χ0n) is 15.3. The number of para-hydroxylation sites is 2. The van der Waals surface area contributed by atoms with Gasteiger partial charge in [-0.2, -0.15) is 0 Å². The summed E-state index contributed by atoms with van der Waals surface area (Å²) < 4.78 is 5.77. The van der Waals surface area contributed by atoms with Crippen molar-refractivity contribution in [2.24, 2.45) is 0 Å². The number of furan rings is 1. The predicted molar refractivity (Wildman–Crippen MR) is 113 cm³/mol. The van der Waals surface area contributed by atoms with E-state index in [1.54, 1.807) is 60.5 Å². The summed E-state index contributed by atoms with van der Waals surface area (Å²) in [6.07, 6.45) is 1.58. The molecule has 8 heteroatoms. The third-order valence-electron chi connectivity index (χ3n) is 4.55. The van der Waals surface area contributed by atoms with Gasteiger partial charge in [0.05, 0.1) is 16.2 Å². The van der Waals surface area contributed by atoms with E-state index in [-0.39, 0.29) is 11.6 Å². The highest BCUT2D eigenvalue weighted by atomic mass is 32.1. The molecule has 2 aromatic carbocycles. The highest BCUT2D eigenvalue weighted by molar-refractivity contribution is 7.80. The SMILES string of the molecule is CN1C(=S)N(c2ccccc2)C(=O)/C1=C\c1ccc(-c2ccccc2[N+](=O)[O-])o1. The normalized spacial score (nSPS) is 15.4. The van der Waals surface area contributed by atoms with Gasteiger partial charge in [-0.3, -0.25) is 19.8 Å². The van der Waals surface area contributed by atoms with Crippen molar-refractivity contribution in [3.05, 3.63) is 88.3 Å². The smallest absolute Gasteiger partial charge is 0.281 e. The summed E-state index contributed by atoms with van der Waals surface area (Å²) in [6.45, 7) is 0. The summed E-state index contributed by atoms with van der Waals surface area (Å²) in [7, 11) is 1.71. The van der Waals surface area contributed by atoms with E-state index < -0.39 is 4.92 Å². The first-order valence-corrected chi connectivity index (χ1v) is 9.10. The molecule has 1 fully saturated rings. The van der Waals surface area contributed by atoms with Crippen LogP contribution >= 0.6 is 12.2 Å². The highest BCUT2D eigenvalue weighted by Crippen LogP contribution is 2.33. The van der Waals surface area contributed by atoms with E-state index in [2.05, 4.69) is 0 Å². The number of anilines is 1. The molecular weight excluding hydrogens is 390 g/mol. The van der Waals surface area contributed by atoms with Crippen molar-refractivity contribution in [3.63, 3.8) is 0 Å². The average Bonchev–Trinajstić information content (AvgIpc) is 3.28. The molecule has 4 rings (SSSR count). The Kier molecular flexibility index (Phi) is 4.69. The van der Waals surface area contributed by atoms with E-state index in [9.17, 15) is 14.9 Å². The topological polar surface area (TPSA) is 79.8 Å². The largest absolute Gasteiger partial charge is 0.456 e. The van der Waals surface area contributed by atoms with Gasteiger partial charge in [-0.1, -0.05) is 30.3 Å². The molecule has 0 N–H and O–H groups in total. The Balaban J connectivity index is 1.69. The molecule has 0 unspecified atom stereocenters. The first kappa shape index (κ1) is 18.6. The molecule has 1 aliphatic heterocycles. The molecule has 2 heterocycles. The molecule has 1 aromatic heterocycles. The van der Waals surface area contributed by atoms with Gasteiger partial charge in [0, 0.05) is 19.2 Å². The van der Waals surface area contributed by atoms with Crippen LogP contribution in [-0.2, 0) is 4.79 Å². The number of nitro groups is 1. The van der Waals surface area contributed by atoms with Crippen molar-refractivity contribution in [2.75, 3.05) is 11.9 Å². The van der Waals surface area contributed by atoms with Gasteiger partial charge < -0.3 is 9.32 Å². The predicted octanol–water partition coefficient (Wildman–Crippen LogP) is 4.46. The minimum Gasteiger partial charge on any atom is -0.456 e. The number of amides is 1. The van der Waals surface area contributed by atoms with Crippen LogP contribution in [0, 0.1) is 10.1 Å². The number of benzene rings is 2. The Hall–Kier alpha value is -3.78. The molecule has 1 aliphatic rings. The van der Waals surface area contributed by atoms with Crippen LogP contribution < -0.4 is 4.90 Å². The highest BCUT2D eigenvalue weighted by Gasteiger charge is 2.37. The monoisotopic (exact) mass is 405 g/mol. The average molecular weight is 405 g/mol. The lowest BCUT2D eigenvalue weighted by Crippen LogP contribution is -2.30. The number of nitro benzene ring substituents is 1. The Morgan fingerprint density at radius 1 is 1.03 bits per heavy atom. The van der Waals surface area contributed by atoms with E-state index in [1.165, 1.54) is 11.0 Å². The summed E-state index contributed by atoms with van der Waals surface area (Å²) in [6, 6.07) is 18.8. The standard InChI is InChI=1S/C21H15N3O4S/c1-22-18(20(25)23(21(22)29)14-7-3-2-4-8-14)13-15-11-12-19(28-15)16-9-5-6-10-17(16)24(26)27/h2-13H,1H3/b18-13+. The lowest BCUT2D eigenvalue weighted by atomic mass is 10.1. The fourth-order valence-corrected chi connectivity index (χ4v) is 3.40. The Morgan fingerprint density at radius 2 is 1.72 bits per heavy atom. The molecule has 1 saturated heterocycles. The van der Waals surface area contributed by atoms with Crippen LogP contribution in [0.5, 0.6) is 0 Å². The van der Waals surface area contributed by atoms with Crippen molar-refractivity contribution in [3.8, 4) is 11.3 Å². The molecule has 0 aliphatic carbocycles. The summed E-state index contributed by atoms with van der Waals surface area (Å²) in [4.78, 5) is 26.8. The molecular formula is C21H15N3O4S. The van der Waals surface area contributed by atoms with E-state index in [0.717, 1.165) is 0 Å². The van der Waals surface area contributed by atoms with Crippen molar-refractivity contribution in [1.82, 2.24) is 4.90 Å². The molecule has 0 radical (unpaired) electrons. The van der Waals surface area contributed by atoms with Gasteiger partial charge in [-0.25, -0.2) is 0 Å². The molecule has 0 saturated carbocycles. The van der Waals surface area contributed by atoms with Crippen LogP contribution in [0.1, 0.15) is 5.76 Å². The second-order valence-electron chi connectivity index (χ2n) is 6.32. The van der Waals surface area contributed by atoms with Crippen LogP contribution in [0.15, 0.2) is 76.8 Å². The van der Waals surface area contributed by atoms with Crippen LogP contribution in [0.4, 0.5) is 11.4 Å². The minimum absolute atomic E-state index is 0.0495. The zero-order chi connectivity index (χ0) is 20.5. The molecule has 144 valence electrons. The number of nitrogens with zero attached hydrogens (tertiary/aromatic N) is 3. The minimum atomic E-state index is -0.458. The summed E-state index contributed by atoms with van der Waals surface area (Å²) >= 11 is 5.43. The number of carbonyl (C=O) groups is 1. The Bertz CT molecular complexity index is 1150. The number of thiocarbonyl (C=S) groups is 1. The van der Waals surface area contributed by atoms with Gasteiger partial charge in [0.1, 0.15) is 17.2 Å². The van der Waals surface area contributed by atoms with E-state index in [0.29, 0.717) is 33.6 Å². The quantitative estimate of drug-likeness (QED) is 0.276. The maximum Gasteiger partial charge on any atom is 0.281 e.